The van der Waals surface area contributed by atoms with Gasteiger partial charge >= 0.3 is 7.12 Å². The Kier molecular flexibility index (Phi) is 4.29. The van der Waals surface area contributed by atoms with Crippen LogP contribution in [0.2, 0.25) is 0 Å². The molecule has 0 bridgehead atoms. The molecule has 0 aliphatic carbocycles. The molecule has 1 unspecified atom stereocenters. The van der Waals surface area contributed by atoms with Crippen LogP contribution in [0.25, 0.3) is 10.8 Å². The molecule has 26 heavy (non-hydrogen) atoms. The molecular weight excluding hydrogens is 327 g/mol. The molecule has 1 atom stereocenters. The third-order valence-electron chi connectivity index (χ3n) is 6.11. The van der Waals surface area contributed by atoms with Crippen LogP contribution in [-0.4, -0.2) is 30.0 Å². The fourth-order valence-corrected chi connectivity index (χ4v) is 3.88. The molecular formula is C21H27BO4. The van der Waals surface area contributed by atoms with Crippen molar-refractivity contribution >= 4 is 23.4 Å². The minimum absolute atomic E-state index is 0.0546. The summed E-state index contributed by atoms with van der Waals surface area (Å²) < 4.78 is 18.4. The summed E-state index contributed by atoms with van der Waals surface area (Å²) in [7, 11) is -0.503. The molecule has 2 fully saturated rings. The molecule has 0 saturated carbocycles. The molecule has 2 heterocycles. The van der Waals surface area contributed by atoms with E-state index in [9.17, 15) is 5.11 Å². The maximum atomic E-state index is 10.9. The number of aromatic hydroxyl groups is 1. The first-order valence-electron chi connectivity index (χ1n) is 9.52. The Hall–Kier alpha value is -1.56. The second-order valence-electron chi connectivity index (χ2n) is 8.39. The number of phenolic OH excluding ortho intramolecular Hbond substituents is 1. The van der Waals surface area contributed by atoms with E-state index in [1.54, 1.807) is 6.07 Å². The number of rotatable bonds is 2. The van der Waals surface area contributed by atoms with Crippen LogP contribution in [0.3, 0.4) is 0 Å². The average Bonchev–Trinajstić information content (AvgIpc) is 2.82. The molecule has 138 valence electrons. The van der Waals surface area contributed by atoms with E-state index < -0.39 is 18.3 Å². The minimum atomic E-state index is -0.503. The third-order valence-corrected chi connectivity index (χ3v) is 6.11. The van der Waals surface area contributed by atoms with Crippen molar-refractivity contribution in [2.45, 2.75) is 64.3 Å². The Balaban J connectivity index is 1.83. The van der Waals surface area contributed by atoms with Crippen molar-refractivity contribution < 1.29 is 19.2 Å². The van der Waals surface area contributed by atoms with E-state index >= 15 is 0 Å². The zero-order chi connectivity index (χ0) is 18.5. The van der Waals surface area contributed by atoms with Gasteiger partial charge in [-0.15, -0.1) is 0 Å². The fraction of sp³-hybridized carbons (Fsp3) is 0.524. The second-order valence-corrected chi connectivity index (χ2v) is 8.39. The maximum Gasteiger partial charge on any atom is 0.495 e. The predicted molar refractivity (Wildman–Crippen MR) is 104 cm³/mol. The minimum Gasteiger partial charge on any atom is -0.508 e. The summed E-state index contributed by atoms with van der Waals surface area (Å²) in [6, 6.07) is 9.94. The molecule has 5 heteroatoms. The van der Waals surface area contributed by atoms with Gasteiger partial charge in [-0.1, -0.05) is 24.3 Å². The first-order valence-corrected chi connectivity index (χ1v) is 9.52. The summed E-state index contributed by atoms with van der Waals surface area (Å²) in [6.45, 7) is 8.91. The molecule has 1 N–H and O–H groups in total. The Morgan fingerprint density at radius 1 is 1.00 bits per heavy atom. The van der Waals surface area contributed by atoms with Gasteiger partial charge in [-0.25, -0.2) is 0 Å². The Morgan fingerprint density at radius 3 is 2.27 bits per heavy atom. The normalized spacial score (nSPS) is 24.9. The highest BCUT2D eigenvalue weighted by molar-refractivity contribution is 6.65. The van der Waals surface area contributed by atoms with Crippen molar-refractivity contribution in [1.82, 2.24) is 0 Å². The lowest BCUT2D eigenvalue weighted by Crippen LogP contribution is -2.41. The van der Waals surface area contributed by atoms with E-state index in [-0.39, 0.29) is 11.9 Å². The Bertz CT molecular complexity index is 808. The lowest BCUT2D eigenvalue weighted by atomic mass is 9.74. The lowest BCUT2D eigenvalue weighted by Gasteiger charge is -2.32. The van der Waals surface area contributed by atoms with Crippen LogP contribution in [0.1, 0.15) is 58.6 Å². The zero-order valence-electron chi connectivity index (χ0n) is 16.0. The van der Waals surface area contributed by atoms with Crippen LogP contribution in [-0.2, 0) is 14.0 Å². The van der Waals surface area contributed by atoms with Gasteiger partial charge < -0.3 is 19.2 Å². The number of fused-ring (bicyclic) bond motifs is 1. The highest BCUT2D eigenvalue weighted by Gasteiger charge is 2.52. The smallest absolute Gasteiger partial charge is 0.495 e. The van der Waals surface area contributed by atoms with Crippen LogP contribution >= 0.6 is 0 Å². The Labute approximate surface area is 155 Å². The van der Waals surface area contributed by atoms with Gasteiger partial charge in [0.2, 0.25) is 0 Å². The van der Waals surface area contributed by atoms with Crippen molar-refractivity contribution in [3.63, 3.8) is 0 Å². The molecule has 0 radical (unpaired) electrons. The molecule has 2 saturated heterocycles. The third kappa shape index (κ3) is 2.83. The number of benzene rings is 2. The number of hydrogen-bond acceptors (Lipinski definition) is 4. The first kappa shape index (κ1) is 17.8. The molecule has 2 aromatic rings. The van der Waals surface area contributed by atoms with Crippen LogP contribution in [0.15, 0.2) is 30.3 Å². The van der Waals surface area contributed by atoms with E-state index in [0.29, 0.717) is 0 Å². The zero-order valence-corrected chi connectivity index (χ0v) is 16.0. The SMILES string of the molecule is CC1(C)OB(c2cc(O)c(C3CCCCO3)c3ccccc23)OC1(C)C. The molecule has 2 aliphatic rings. The highest BCUT2D eigenvalue weighted by atomic mass is 16.7. The quantitative estimate of drug-likeness (QED) is 0.826. The van der Waals surface area contributed by atoms with Crippen molar-refractivity contribution in [3.8, 4) is 5.75 Å². The summed E-state index contributed by atoms with van der Waals surface area (Å²) in [6.07, 6.45) is 3.09. The van der Waals surface area contributed by atoms with Crippen LogP contribution in [0.4, 0.5) is 0 Å². The van der Waals surface area contributed by atoms with Gasteiger partial charge in [0.1, 0.15) is 5.75 Å². The summed E-state index contributed by atoms with van der Waals surface area (Å²) in [4.78, 5) is 0. The lowest BCUT2D eigenvalue weighted by molar-refractivity contribution is 0.00578. The molecule has 2 aliphatic heterocycles. The van der Waals surface area contributed by atoms with E-state index in [1.165, 1.54) is 0 Å². The highest BCUT2D eigenvalue weighted by Crippen LogP contribution is 2.40. The largest absolute Gasteiger partial charge is 0.508 e. The Morgan fingerprint density at radius 2 is 1.65 bits per heavy atom. The van der Waals surface area contributed by atoms with Gasteiger partial charge in [-0.2, -0.15) is 0 Å². The number of ether oxygens (including phenoxy) is 1. The first-order chi connectivity index (χ1) is 12.3. The van der Waals surface area contributed by atoms with Crippen LogP contribution in [0.5, 0.6) is 5.75 Å². The number of hydrogen-bond donors (Lipinski definition) is 1. The molecule has 0 amide bonds. The van der Waals surface area contributed by atoms with E-state index in [0.717, 1.165) is 47.7 Å². The van der Waals surface area contributed by atoms with Gasteiger partial charge in [0.25, 0.3) is 0 Å². The van der Waals surface area contributed by atoms with Crippen molar-refractivity contribution in [2.24, 2.45) is 0 Å². The predicted octanol–water partition coefficient (Wildman–Crippen LogP) is 4.09. The number of phenols is 1. The van der Waals surface area contributed by atoms with Gasteiger partial charge in [0.15, 0.2) is 0 Å². The fourth-order valence-electron chi connectivity index (χ4n) is 3.88. The molecule has 0 aromatic heterocycles. The van der Waals surface area contributed by atoms with Crippen molar-refractivity contribution in [1.29, 1.82) is 0 Å². The summed E-state index contributed by atoms with van der Waals surface area (Å²) in [5.74, 6) is 0.264. The van der Waals surface area contributed by atoms with Gasteiger partial charge in [-0.3, -0.25) is 0 Å². The van der Waals surface area contributed by atoms with Gasteiger partial charge in [0.05, 0.1) is 17.3 Å². The molecule has 0 spiro atoms. The summed E-state index contributed by atoms with van der Waals surface area (Å²) >= 11 is 0. The maximum absolute atomic E-state index is 10.9. The molecule has 2 aromatic carbocycles. The second kappa shape index (κ2) is 6.26. The van der Waals surface area contributed by atoms with Crippen LogP contribution < -0.4 is 5.46 Å². The summed E-state index contributed by atoms with van der Waals surface area (Å²) in [5, 5.41) is 12.9. The van der Waals surface area contributed by atoms with Gasteiger partial charge in [-0.05, 0) is 69.3 Å². The van der Waals surface area contributed by atoms with Gasteiger partial charge in [0, 0.05) is 12.2 Å². The van der Waals surface area contributed by atoms with Crippen LogP contribution in [0, 0.1) is 0 Å². The topological polar surface area (TPSA) is 47.9 Å². The van der Waals surface area contributed by atoms with E-state index in [4.69, 9.17) is 14.0 Å². The monoisotopic (exact) mass is 354 g/mol. The van der Waals surface area contributed by atoms with Crippen molar-refractivity contribution in [2.75, 3.05) is 6.61 Å². The summed E-state index contributed by atoms with van der Waals surface area (Å²) in [5.41, 5.74) is 0.927. The van der Waals surface area contributed by atoms with E-state index in [2.05, 4.69) is 12.1 Å². The molecule has 4 rings (SSSR count). The molecule has 4 nitrogen and oxygen atoms in total. The standard InChI is InChI=1S/C21H27BO4/c1-20(2)21(3,4)26-22(25-20)16-13-17(23)19(18-11-7-8-12-24-18)15-10-6-5-9-14(15)16/h5-6,9-10,13,18,23H,7-8,11-12H2,1-4H3. The van der Waals surface area contributed by atoms with Crippen molar-refractivity contribution in [3.05, 3.63) is 35.9 Å². The average molecular weight is 354 g/mol. The van der Waals surface area contributed by atoms with E-state index in [1.807, 2.05) is 39.8 Å².